The van der Waals surface area contributed by atoms with Crippen molar-refractivity contribution >= 4 is 0 Å². The molecule has 0 amide bonds. The largest absolute Gasteiger partial charge is 0.434 e. The highest BCUT2D eigenvalue weighted by atomic mass is 19.3. The van der Waals surface area contributed by atoms with Crippen LogP contribution in [-0.2, 0) is 4.84 Å². The molecule has 0 fully saturated rings. The zero-order chi connectivity index (χ0) is 11.4. The summed E-state index contributed by atoms with van der Waals surface area (Å²) in [7, 11) is 0. The molecule has 0 bridgehead atoms. The monoisotopic (exact) mass is 217 g/mol. The minimum Gasteiger partial charge on any atom is -0.434 e. The second-order valence-electron chi connectivity index (χ2n) is 3.15. The van der Waals surface area contributed by atoms with Gasteiger partial charge >= 0.3 is 6.61 Å². The summed E-state index contributed by atoms with van der Waals surface area (Å²) in [5, 5.41) is 0. The second kappa shape index (κ2) is 5.04. The van der Waals surface area contributed by atoms with E-state index in [1.165, 1.54) is 0 Å². The Hall–Kier alpha value is -1.20. The summed E-state index contributed by atoms with van der Waals surface area (Å²) >= 11 is 0. The number of hydrogen-bond acceptors (Lipinski definition) is 3. The van der Waals surface area contributed by atoms with Gasteiger partial charge in [0.1, 0.15) is 11.9 Å². The number of hydrogen-bond donors (Lipinski definition) is 1. The topological polar surface area (TPSA) is 44.5 Å². The number of para-hydroxylation sites is 1. The predicted molar refractivity (Wildman–Crippen MR) is 51.5 cm³/mol. The van der Waals surface area contributed by atoms with E-state index in [0.717, 1.165) is 0 Å². The first-order chi connectivity index (χ1) is 7.06. The lowest BCUT2D eigenvalue weighted by Crippen LogP contribution is -2.11. The van der Waals surface area contributed by atoms with E-state index in [4.69, 9.17) is 5.90 Å². The quantitative estimate of drug-likeness (QED) is 0.788. The average molecular weight is 217 g/mol. The lowest BCUT2D eigenvalue weighted by Gasteiger charge is -2.16. The molecule has 2 N–H and O–H groups in total. The zero-order valence-corrected chi connectivity index (χ0v) is 8.54. The third-order valence-corrected chi connectivity index (χ3v) is 2.09. The van der Waals surface area contributed by atoms with Gasteiger partial charge in [0, 0.05) is 5.56 Å². The van der Waals surface area contributed by atoms with Crippen LogP contribution >= 0.6 is 0 Å². The van der Waals surface area contributed by atoms with Crippen LogP contribution in [0.2, 0.25) is 0 Å². The Morgan fingerprint density at radius 1 is 1.33 bits per heavy atom. The van der Waals surface area contributed by atoms with Gasteiger partial charge in [-0.3, -0.25) is 4.84 Å². The summed E-state index contributed by atoms with van der Waals surface area (Å²) in [6, 6.07) is 5.06. The van der Waals surface area contributed by atoms with Gasteiger partial charge in [-0.1, -0.05) is 18.2 Å². The molecular formula is C10H13F2NO2. The van der Waals surface area contributed by atoms with E-state index in [1.54, 1.807) is 32.0 Å². The van der Waals surface area contributed by atoms with Crippen molar-refractivity contribution in [3.05, 3.63) is 29.3 Å². The molecule has 0 heterocycles. The summed E-state index contributed by atoms with van der Waals surface area (Å²) in [6.07, 6.45) is -0.487. The molecule has 0 saturated carbocycles. The van der Waals surface area contributed by atoms with Gasteiger partial charge in [-0.05, 0) is 19.4 Å². The van der Waals surface area contributed by atoms with Gasteiger partial charge < -0.3 is 4.74 Å². The highest BCUT2D eigenvalue weighted by Gasteiger charge is 2.16. The predicted octanol–water partition coefficient (Wildman–Crippen LogP) is 2.55. The molecule has 0 spiro atoms. The molecule has 3 nitrogen and oxygen atoms in total. The zero-order valence-electron chi connectivity index (χ0n) is 8.54. The molecule has 5 heteroatoms. The molecular weight excluding hydrogens is 204 g/mol. The van der Waals surface area contributed by atoms with Crippen LogP contribution in [0.4, 0.5) is 8.78 Å². The number of halogens is 2. The van der Waals surface area contributed by atoms with Gasteiger partial charge in [0.15, 0.2) is 0 Å². The molecule has 0 aliphatic heterocycles. The van der Waals surface area contributed by atoms with Crippen LogP contribution in [0.15, 0.2) is 18.2 Å². The first-order valence-corrected chi connectivity index (χ1v) is 4.46. The molecule has 1 atom stereocenters. The molecule has 1 rings (SSSR count). The fourth-order valence-corrected chi connectivity index (χ4v) is 1.32. The molecule has 0 aromatic heterocycles. The number of ether oxygens (including phenoxy) is 1. The van der Waals surface area contributed by atoms with Crippen LogP contribution in [0.25, 0.3) is 0 Å². The Bertz CT molecular complexity index is 331. The van der Waals surface area contributed by atoms with Crippen molar-refractivity contribution in [2.45, 2.75) is 26.6 Å². The Kier molecular flexibility index (Phi) is 3.99. The first-order valence-electron chi connectivity index (χ1n) is 4.46. The Morgan fingerprint density at radius 3 is 2.53 bits per heavy atom. The molecule has 84 valence electrons. The minimum atomic E-state index is -2.85. The van der Waals surface area contributed by atoms with Crippen molar-refractivity contribution in [3.63, 3.8) is 0 Å². The van der Waals surface area contributed by atoms with Gasteiger partial charge in [0.05, 0.1) is 0 Å². The van der Waals surface area contributed by atoms with Crippen molar-refractivity contribution in [2.24, 2.45) is 5.90 Å². The SMILES string of the molecule is Cc1cccc(C(C)ON)c1OC(F)F. The van der Waals surface area contributed by atoms with Crippen molar-refractivity contribution in [2.75, 3.05) is 0 Å². The van der Waals surface area contributed by atoms with E-state index >= 15 is 0 Å². The lowest BCUT2D eigenvalue weighted by molar-refractivity contribution is -0.0528. The molecule has 0 radical (unpaired) electrons. The summed E-state index contributed by atoms with van der Waals surface area (Å²) in [5.41, 5.74) is 1.13. The summed E-state index contributed by atoms with van der Waals surface area (Å²) < 4.78 is 28.7. The van der Waals surface area contributed by atoms with Gasteiger partial charge in [-0.15, -0.1) is 0 Å². The number of benzene rings is 1. The smallest absolute Gasteiger partial charge is 0.387 e. The minimum absolute atomic E-state index is 0.130. The van der Waals surface area contributed by atoms with E-state index in [1.807, 2.05) is 0 Å². The van der Waals surface area contributed by atoms with Crippen LogP contribution < -0.4 is 10.6 Å². The maximum absolute atomic E-state index is 12.2. The van der Waals surface area contributed by atoms with E-state index < -0.39 is 12.7 Å². The van der Waals surface area contributed by atoms with E-state index in [9.17, 15) is 8.78 Å². The van der Waals surface area contributed by atoms with E-state index in [2.05, 4.69) is 9.57 Å². The number of nitrogens with two attached hydrogens (primary N) is 1. The Morgan fingerprint density at radius 2 is 2.00 bits per heavy atom. The van der Waals surface area contributed by atoms with Gasteiger partial charge in [-0.2, -0.15) is 8.78 Å². The fraction of sp³-hybridized carbons (Fsp3) is 0.400. The Balaban J connectivity index is 3.08. The molecule has 1 aromatic rings. The third kappa shape index (κ3) is 2.87. The molecule has 15 heavy (non-hydrogen) atoms. The molecule has 1 aromatic carbocycles. The van der Waals surface area contributed by atoms with Crippen LogP contribution in [0, 0.1) is 6.92 Å². The maximum Gasteiger partial charge on any atom is 0.387 e. The lowest BCUT2D eigenvalue weighted by atomic mass is 10.1. The first kappa shape index (κ1) is 11.9. The van der Waals surface area contributed by atoms with Crippen LogP contribution in [0.1, 0.15) is 24.2 Å². The maximum atomic E-state index is 12.2. The molecule has 0 aliphatic rings. The van der Waals surface area contributed by atoms with E-state index in [0.29, 0.717) is 11.1 Å². The fourth-order valence-electron chi connectivity index (χ4n) is 1.32. The Labute approximate surface area is 86.7 Å². The van der Waals surface area contributed by atoms with Crippen LogP contribution in [-0.4, -0.2) is 6.61 Å². The van der Waals surface area contributed by atoms with E-state index in [-0.39, 0.29) is 5.75 Å². The van der Waals surface area contributed by atoms with Crippen molar-refractivity contribution in [1.29, 1.82) is 0 Å². The normalized spacial score (nSPS) is 12.9. The van der Waals surface area contributed by atoms with Crippen molar-refractivity contribution < 1.29 is 18.4 Å². The van der Waals surface area contributed by atoms with Crippen LogP contribution in [0.5, 0.6) is 5.75 Å². The second-order valence-corrected chi connectivity index (χ2v) is 3.15. The van der Waals surface area contributed by atoms with Crippen molar-refractivity contribution in [1.82, 2.24) is 0 Å². The molecule has 0 aliphatic carbocycles. The molecule has 1 unspecified atom stereocenters. The average Bonchev–Trinajstić information content (AvgIpc) is 2.19. The van der Waals surface area contributed by atoms with Crippen molar-refractivity contribution in [3.8, 4) is 5.75 Å². The third-order valence-electron chi connectivity index (χ3n) is 2.09. The van der Waals surface area contributed by atoms with Gasteiger partial charge in [0.2, 0.25) is 0 Å². The summed E-state index contributed by atoms with van der Waals surface area (Å²) in [5.74, 6) is 5.14. The number of aryl methyl sites for hydroxylation is 1. The van der Waals surface area contributed by atoms with Gasteiger partial charge in [0.25, 0.3) is 0 Å². The molecule has 0 saturated heterocycles. The number of rotatable bonds is 4. The van der Waals surface area contributed by atoms with Gasteiger partial charge in [-0.25, -0.2) is 5.90 Å². The highest BCUT2D eigenvalue weighted by molar-refractivity contribution is 5.41. The number of alkyl halides is 2. The summed E-state index contributed by atoms with van der Waals surface area (Å²) in [6.45, 7) is 0.493. The highest BCUT2D eigenvalue weighted by Crippen LogP contribution is 2.30. The standard InChI is InChI=1S/C10H13F2NO2/c1-6-4-3-5-8(7(2)15-13)9(6)14-10(11)12/h3-5,7,10H,13H2,1-2H3. The summed E-state index contributed by atoms with van der Waals surface area (Å²) in [4.78, 5) is 4.59. The van der Waals surface area contributed by atoms with Crippen LogP contribution in [0.3, 0.4) is 0 Å².